The molecule has 6 saturated heterocycles. The second-order valence-electron chi connectivity index (χ2n) is 31.2. The Balaban J connectivity index is 0.964. The summed E-state index contributed by atoms with van der Waals surface area (Å²) in [6, 6.07) is -6.31. The Morgan fingerprint density at radius 1 is 0.377 bits per heavy atom. The van der Waals surface area contributed by atoms with Crippen LogP contribution in [0.4, 0.5) is 0 Å². The average molecular weight is 1820 g/mol. The summed E-state index contributed by atoms with van der Waals surface area (Å²) in [7, 11) is -13.9. The number of ether oxygens (including phenoxy) is 6. The molecule has 704 valence electrons. The Hall–Kier alpha value is -5.08. The molecule has 46 nitrogen and oxygen atoms in total. The Morgan fingerprint density at radius 2 is 0.664 bits per heavy atom. The van der Waals surface area contributed by atoms with Crippen molar-refractivity contribution in [2.24, 2.45) is 0 Å². The van der Waals surface area contributed by atoms with Crippen LogP contribution in [0.25, 0.3) is 0 Å². The normalized spacial score (nSPS) is 30.1. The molecule has 9 amide bonds. The van der Waals surface area contributed by atoms with Crippen LogP contribution in [-0.2, 0) is 112 Å². The first-order valence-corrected chi connectivity index (χ1v) is 46.1. The van der Waals surface area contributed by atoms with E-state index in [-0.39, 0.29) is 140 Å². The largest absolute Gasteiger partial charge is 0.472 e. The van der Waals surface area contributed by atoms with Crippen LogP contribution in [-0.4, -0.2) is 368 Å². The first-order chi connectivity index (χ1) is 57.9. The van der Waals surface area contributed by atoms with Crippen LogP contribution >= 0.6 is 23.5 Å². The lowest BCUT2D eigenvalue weighted by Gasteiger charge is -2.42. The van der Waals surface area contributed by atoms with Gasteiger partial charge >= 0.3 is 23.5 Å². The van der Waals surface area contributed by atoms with Gasteiger partial charge in [-0.3, -0.25) is 70.3 Å². The molecule has 6 fully saturated rings. The first-order valence-electron chi connectivity index (χ1n) is 41.6. The molecule has 122 heavy (non-hydrogen) atoms. The van der Waals surface area contributed by atoms with Gasteiger partial charge in [0, 0.05) is 125 Å². The fraction of sp³-hybridized carbons (Fsp3) is 0.877. The van der Waals surface area contributed by atoms with E-state index >= 15 is 0 Å². The number of unbranched alkanes of at least 4 members (excludes halogenated alkanes) is 9. The number of carbonyl (C=O) groups is 9. The predicted molar refractivity (Wildman–Crippen MR) is 420 cm³/mol. The van der Waals surface area contributed by atoms with E-state index in [1.54, 1.807) is 0 Å². The van der Waals surface area contributed by atoms with Gasteiger partial charge in [0.05, 0.1) is 76.1 Å². The standard InChI is InChI=1S/C73H130N9O37P3/c1-44(86)77-62-68(99)65(96)53(38-83)115-71(62)109-29-17-11-20-56(90)74-26-14-5-8-23-59(93)80-35-50(89)32-47(80)41-113-121(104,105)118-52-34-49(82(37-52)61(95)25-10-7-16-28-76-58(92)22-13-19-31-111-73-64(79-46(3)88)70(101)67(98)55(40-85)117-73)43-114-122(106,107)119-51-33-48(42-112-120(102,103)108-4)81(36-51)60(94)24-9-6-15-27-75-57(91)21-12-18-30-110-72-63(78-45(2)87)69(100)66(97)54(39-84)116-72/h47-55,62-73,83-85,89,96-101H,5-43H2,1-4H3,(H,74,90)(H,75,91)(H,76,92)(H,77,86)(H,78,87)(H,79,88)(H,102,103)(H,104,105)(H,106,107)/t47-,48-,49-,50+,51+,52+,53?,54?,55?,62?,63?,64?,65?,66?,67?,68?,69?,70?,71?,72?,73?/m0/s1. The highest BCUT2D eigenvalue weighted by atomic mass is 31.2. The van der Waals surface area contributed by atoms with Gasteiger partial charge in [-0.25, -0.2) is 13.7 Å². The van der Waals surface area contributed by atoms with Gasteiger partial charge in [-0.15, -0.1) is 0 Å². The maximum absolute atomic E-state index is 14.1. The van der Waals surface area contributed by atoms with E-state index in [2.05, 4.69) is 36.4 Å². The third-order valence-corrected chi connectivity index (χ3v) is 24.4. The quantitative estimate of drug-likeness (QED) is 0.0206. The minimum Gasteiger partial charge on any atom is -0.394 e. The lowest BCUT2D eigenvalue weighted by molar-refractivity contribution is -0.270. The van der Waals surface area contributed by atoms with Crippen molar-refractivity contribution in [2.75, 3.05) is 106 Å². The zero-order valence-corrected chi connectivity index (χ0v) is 72.2. The van der Waals surface area contributed by atoms with Gasteiger partial charge in [0.25, 0.3) is 0 Å². The Kier molecular flexibility index (Phi) is 46.5. The zero-order chi connectivity index (χ0) is 89.9. The number of phosphoric ester groups is 3. The number of likely N-dealkylation sites (tertiary alicyclic amines) is 3. The molecular weight excluding hydrogens is 1690 g/mol. The van der Waals surface area contributed by atoms with Crippen molar-refractivity contribution in [1.29, 1.82) is 0 Å². The number of β-amino-alcohol motifs (C(OH)–C–C–N with tert-alkyl or cyclic N) is 1. The molecule has 6 rings (SSSR count). The summed E-state index contributed by atoms with van der Waals surface area (Å²) in [6.07, 6.45) is -13.6. The SMILES string of the molecule is COP(=O)(O)OC[C@@H]1C[C@@H](OP(=O)(O)OC[C@@H]2C[C@@H](OP(=O)(O)OC[C@@H]3C[C@@H](O)CN3C(=O)CCCCCNC(=O)CCCCOC3OC(CO)C(O)C(O)C3NC(C)=O)CN2C(=O)CCCCCNC(=O)CCCCOC2OC(CO)C(O)C(O)C2NC(C)=O)CN1C(=O)CCCCCNC(=O)CCCCOC1OC(CO)C(O)C(O)C1NC(C)=O. The third-order valence-electron chi connectivity index (χ3n) is 21.4. The van der Waals surface area contributed by atoms with Crippen LogP contribution in [0.3, 0.4) is 0 Å². The van der Waals surface area contributed by atoms with Crippen LogP contribution in [0, 0.1) is 0 Å². The molecule has 19 N–H and O–H groups in total. The van der Waals surface area contributed by atoms with Crippen molar-refractivity contribution in [2.45, 2.75) is 303 Å². The highest BCUT2D eigenvalue weighted by Crippen LogP contribution is 2.50. The fourth-order valence-corrected chi connectivity index (χ4v) is 17.3. The zero-order valence-electron chi connectivity index (χ0n) is 69.5. The van der Waals surface area contributed by atoms with Crippen LogP contribution < -0.4 is 31.9 Å². The average Bonchev–Trinajstić information content (AvgIpc) is 1.79. The number of rotatable bonds is 56. The Labute approximate surface area is 707 Å². The van der Waals surface area contributed by atoms with E-state index in [1.165, 1.54) is 35.5 Å². The summed E-state index contributed by atoms with van der Waals surface area (Å²) in [6.45, 7) is 0.151. The number of amides is 9. The molecule has 6 aliphatic rings. The second-order valence-corrected chi connectivity index (χ2v) is 35.5. The molecule has 0 radical (unpaired) electrons. The lowest BCUT2D eigenvalue weighted by atomic mass is 9.97. The smallest absolute Gasteiger partial charge is 0.394 e. The summed E-state index contributed by atoms with van der Waals surface area (Å²) < 4.78 is 106. The third kappa shape index (κ3) is 36.2. The summed E-state index contributed by atoms with van der Waals surface area (Å²) in [5.74, 6) is -3.71. The molecule has 0 aromatic rings. The number of hydrogen-bond donors (Lipinski definition) is 19. The van der Waals surface area contributed by atoms with Gasteiger partial charge in [0.2, 0.25) is 53.2 Å². The summed E-state index contributed by atoms with van der Waals surface area (Å²) in [4.78, 5) is 151. The molecule has 0 aliphatic carbocycles. The van der Waals surface area contributed by atoms with Crippen molar-refractivity contribution in [3.63, 3.8) is 0 Å². The van der Waals surface area contributed by atoms with Gasteiger partial charge in [0.15, 0.2) is 18.9 Å². The number of carbonyl (C=O) groups excluding carboxylic acids is 9. The highest BCUT2D eigenvalue weighted by Gasteiger charge is 2.50. The van der Waals surface area contributed by atoms with Crippen molar-refractivity contribution >= 4 is 76.6 Å². The Morgan fingerprint density at radius 3 is 0.959 bits per heavy atom. The van der Waals surface area contributed by atoms with Crippen LogP contribution in [0.15, 0.2) is 0 Å². The van der Waals surface area contributed by atoms with Gasteiger partial charge < -0.3 is 141 Å². The van der Waals surface area contributed by atoms with E-state index in [1.807, 2.05) is 0 Å². The van der Waals surface area contributed by atoms with E-state index < -0.39 is 221 Å². The van der Waals surface area contributed by atoms with E-state index in [0.29, 0.717) is 96.4 Å². The van der Waals surface area contributed by atoms with Crippen LogP contribution in [0.5, 0.6) is 0 Å². The van der Waals surface area contributed by atoms with Crippen molar-refractivity contribution < 1.29 is 178 Å². The highest BCUT2D eigenvalue weighted by molar-refractivity contribution is 7.48. The molecule has 0 spiro atoms. The topological polar surface area (TPSA) is 660 Å². The van der Waals surface area contributed by atoms with Crippen molar-refractivity contribution in [3.8, 4) is 0 Å². The summed E-state index contributed by atoms with van der Waals surface area (Å²) in [5, 5.41) is 117. The number of phosphoric acid groups is 3. The number of aliphatic hydroxyl groups is 10. The minimum atomic E-state index is -5.15. The van der Waals surface area contributed by atoms with Gasteiger partial charge in [-0.2, -0.15) is 0 Å². The van der Waals surface area contributed by atoms with E-state index in [0.717, 1.165) is 7.11 Å². The molecule has 0 saturated carbocycles. The first kappa shape index (κ1) is 106. The predicted octanol–water partition coefficient (Wildman–Crippen LogP) is -3.66. The lowest BCUT2D eigenvalue weighted by Crippen LogP contribution is -2.64. The molecular formula is C73H130N9O37P3. The summed E-state index contributed by atoms with van der Waals surface area (Å²) in [5.41, 5.74) is 0. The van der Waals surface area contributed by atoms with Crippen LogP contribution in [0.1, 0.15) is 175 Å². The van der Waals surface area contributed by atoms with Gasteiger partial charge in [-0.1, -0.05) is 19.3 Å². The number of hydrogen-bond acceptors (Lipinski definition) is 34. The number of nitrogens with one attached hydrogen (secondary N) is 6. The monoisotopic (exact) mass is 1820 g/mol. The number of aliphatic hydroxyl groups excluding tert-OH is 10. The van der Waals surface area contributed by atoms with Crippen molar-refractivity contribution in [3.05, 3.63) is 0 Å². The summed E-state index contributed by atoms with van der Waals surface area (Å²) >= 11 is 0. The maximum atomic E-state index is 14.1. The van der Waals surface area contributed by atoms with Gasteiger partial charge in [-0.05, 0) is 96.3 Å². The minimum absolute atomic E-state index is 0.0163. The second kappa shape index (κ2) is 53.7. The molecule has 18 unspecified atom stereocenters. The van der Waals surface area contributed by atoms with Crippen LogP contribution in [0.2, 0.25) is 0 Å². The van der Waals surface area contributed by atoms with E-state index in [9.17, 15) is 123 Å². The van der Waals surface area contributed by atoms with Gasteiger partial charge in [0.1, 0.15) is 73.1 Å². The molecule has 0 aromatic heterocycles. The molecule has 0 bridgehead atoms. The molecule has 6 heterocycles. The van der Waals surface area contributed by atoms with E-state index in [4.69, 9.17) is 51.0 Å². The molecule has 24 atom stereocenters. The number of nitrogens with zero attached hydrogens (tertiary/aromatic N) is 3. The molecule has 0 aromatic carbocycles. The van der Waals surface area contributed by atoms with Crippen molar-refractivity contribution in [1.82, 2.24) is 46.6 Å². The fourth-order valence-electron chi connectivity index (χ4n) is 14.9. The molecule has 6 aliphatic heterocycles. The maximum Gasteiger partial charge on any atom is 0.472 e. The Bertz CT molecular complexity index is 3410. The molecule has 49 heteroatoms.